The minimum Gasteiger partial charge on any atom is -0.329 e. The molecule has 2 nitrogen and oxygen atoms in total. The van der Waals surface area contributed by atoms with Crippen LogP contribution in [0.4, 0.5) is 0 Å². The second kappa shape index (κ2) is 6.09. The Hall–Kier alpha value is -0.500. The Kier molecular flexibility index (Phi) is 4.40. The van der Waals surface area contributed by atoms with Gasteiger partial charge < -0.3 is 11.5 Å². The minimum absolute atomic E-state index is 0.0542. The Labute approximate surface area is 138 Å². The Morgan fingerprint density at radius 1 is 0.850 bits per heavy atom. The first-order valence-corrected chi connectivity index (χ1v) is 9.33. The van der Waals surface area contributed by atoms with Crippen LogP contribution in [0, 0.1) is 0 Å². The van der Waals surface area contributed by atoms with Crippen LogP contribution in [0.3, 0.4) is 0 Å². The van der Waals surface area contributed by atoms with Crippen molar-refractivity contribution in [3.63, 3.8) is 0 Å². The SMILES string of the molecule is NCC(N)c1ccc(-c2ccc(-c3ccc(Br)s3)s2)s1. The van der Waals surface area contributed by atoms with Crippen LogP contribution in [0.2, 0.25) is 0 Å². The molecule has 20 heavy (non-hydrogen) atoms. The van der Waals surface area contributed by atoms with Gasteiger partial charge in [0.25, 0.3) is 0 Å². The molecular formula is C14H13BrN2S3. The molecule has 104 valence electrons. The smallest absolute Gasteiger partial charge is 0.0705 e. The third kappa shape index (κ3) is 2.90. The van der Waals surface area contributed by atoms with Gasteiger partial charge in [-0.3, -0.25) is 0 Å². The van der Waals surface area contributed by atoms with Crippen LogP contribution in [0.5, 0.6) is 0 Å². The molecule has 1 unspecified atom stereocenters. The van der Waals surface area contributed by atoms with Crippen molar-refractivity contribution in [1.82, 2.24) is 0 Å². The third-order valence-electron chi connectivity index (χ3n) is 2.91. The van der Waals surface area contributed by atoms with Gasteiger partial charge in [-0.05, 0) is 52.3 Å². The van der Waals surface area contributed by atoms with Gasteiger partial charge in [-0.2, -0.15) is 0 Å². The highest BCUT2D eigenvalue weighted by Gasteiger charge is 2.11. The molecule has 1 atom stereocenters. The average Bonchev–Trinajstić information content (AvgIpc) is 3.16. The highest BCUT2D eigenvalue weighted by Crippen LogP contribution is 2.41. The standard InChI is InChI=1S/C14H13BrN2S3/c15-14-6-5-13(20-14)12-4-3-11(19-12)10-2-1-9(18-10)8(17)7-16/h1-6,8H,7,16-17H2. The van der Waals surface area contributed by atoms with Crippen molar-refractivity contribution < 1.29 is 0 Å². The fourth-order valence-corrected chi connectivity index (χ4v) is 5.45. The summed E-state index contributed by atoms with van der Waals surface area (Å²) in [5.74, 6) is 0. The lowest BCUT2D eigenvalue weighted by Gasteiger charge is -2.03. The van der Waals surface area contributed by atoms with E-state index < -0.39 is 0 Å². The first-order chi connectivity index (χ1) is 9.67. The second-order valence-electron chi connectivity index (χ2n) is 4.31. The molecule has 0 spiro atoms. The second-order valence-corrected chi connectivity index (χ2v) is 8.97. The first-order valence-electron chi connectivity index (χ1n) is 6.08. The number of thiophene rings is 3. The normalized spacial score (nSPS) is 12.8. The lowest BCUT2D eigenvalue weighted by atomic mass is 10.2. The fourth-order valence-electron chi connectivity index (χ4n) is 1.85. The molecule has 3 aromatic heterocycles. The van der Waals surface area contributed by atoms with E-state index in [-0.39, 0.29) is 6.04 Å². The van der Waals surface area contributed by atoms with Crippen LogP contribution in [-0.2, 0) is 0 Å². The van der Waals surface area contributed by atoms with E-state index in [1.54, 1.807) is 22.7 Å². The van der Waals surface area contributed by atoms with Crippen molar-refractivity contribution in [3.05, 3.63) is 45.1 Å². The van der Waals surface area contributed by atoms with E-state index in [9.17, 15) is 0 Å². The Balaban J connectivity index is 1.88. The van der Waals surface area contributed by atoms with Crippen molar-refractivity contribution >= 4 is 49.9 Å². The number of hydrogen-bond donors (Lipinski definition) is 2. The van der Waals surface area contributed by atoms with Crippen molar-refractivity contribution in [1.29, 1.82) is 0 Å². The van der Waals surface area contributed by atoms with Crippen LogP contribution < -0.4 is 11.5 Å². The number of rotatable bonds is 4. The van der Waals surface area contributed by atoms with Gasteiger partial charge in [-0.15, -0.1) is 34.0 Å². The quantitative estimate of drug-likeness (QED) is 0.669. The maximum atomic E-state index is 5.97. The van der Waals surface area contributed by atoms with E-state index in [1.165, 1.54) is 19.5 Å². The zero-order chi connectivity index (χ0) is 14.1. The number of hydrogen-bond acceptors (Lipinski definition) is 5. The van der Waals surface area contributed by atoms with Crippen LogP contribution in [-0.4, -0.2) is 6.54 Å². The highest BCUT2D eigenvalue weighted by atomic mass is 79.9. The molecular weight excluding hydrogens is 372 g/mol. The van der Waals surface area contributed by atoms with Gasteiger partial charge in [0.15, 0.2) is 0 Å². The van der Waals surface area contributed by atoms with Gasteiger partial charge in [0.2, 0.25) is 0 Å². The summed E-state index contributed by atoms with van der Waals surface area (Å²) < 4.78 is 1.16. The zero-order valence-corrected chi connectivity index (χ0v) is 14.5. The molecule has 3 rings (SSSR count). The van der Waals surface area contributed by atoms with Crippen molar-refractivity contribution in [2.75, 3.05) is 6.54 Å². The molecule has 0 aliphatic carbocycles. The molecule has 4 N–H and O–H groups in total. The predicted molar refractivity (Wildman–Crippen MR) is 94.6 cm³/mol. The van der Waals surface area contributed by atoms with Crippen LogP contribution in [0.15, 0.2) is 40.2 Å². The summed E-state index contributed by atoms with van der Waals surface area (Å²) in [6, 6.07) is 12.8. The van der Waals surface area contributed by atoms with E-state index in [4.69, 9.17) is 11.5 Å². The molecule has 0 aliphatic heterocycles. The maximum absolute atomic E-state index is 5.97. The third-order valence-corrected chi connectivity index (χ3v) is 7.23. The molecule has 0 bridgehead atoms. The molecule has 3 heterocycles. The summed E-state index contributed by atoms with van der Waals surface area (Å²) in [4.78, 5) is 6.29. The highest BCUT2D eigenvalue weighted by molar-refractivity contribution is 9.11. The lowest BCUT2D eigenvalue weighted by Crippen LogP contribution is -2.19. The molecule has 0 fully saturated rings. The van der Waals surface area contributed by atoms with Crippen LogP contribution in [0.25, 0.3) is 19.5 Å². The van der Waals surface area contributed by atoms with E-state index in [0.29, 0.717) is 6.54 Å². The molecule has 0 aromatic carbocycles. The van der Waals surface area contributed by atoms with Gasteiger partial charge in [0, 0.05) is 30.9 Å². The summed E-state index contributed by atoms with van der Waals surface area (Å²) in [7, 11) is 0. The lowest BCUT2D eigenvalue weighted by molar-refractivity contribution is 0.752. The van der Waals surface area contributed by atoms with Crippen molar-refractivity contribution in [3.8, 4) is 19.5 Å². The number of nitrogens with two attached hydrogens (primary N) is 2. The molecule has 0 radical (unpaired) electrons. The van der Waals surface area contributed by atoms with Gasteiger partial charge in [-0.1, -0.05) is 0 Å². The van der Waals surface area contributed by atoms with Crippen LogP contribution in [0.1, 0.15) is 10.9 Å². The van der Waals surface area contributed by atoms with Crippen molar-refractivity contribution in [2.45, 2.75) is 6.04 Å². The molecule has 0 amide bonds. The molecule has 6 heteroatoms. The Morgan fingerprint density at radius 2 is 1.40 bits per heavy atom. The van der Waals surface area contributed by atoms with Crippen molar-refractivity contribution in [2.24, 2.45) is 11.5 Å². The van der Waals surface area contributed by atoms with Gasteiger partial charge >= 0.3 is 0 Å². The number of halogens is 1. The summed E-state index contributed by atoms with van der Waals surface area (Å²) in [6.07, 6.45) is 0. The van der Waals surface area contributed by atoms with E-state index in [2.05, 4.69) is 52.3 Å². The Bertz CT molecular complexity index is 713. The van der Waals surface area contributed by atoms with Crippen LogP contribution >= 0.6 is 49.9 Å². The van der Waals surface area contributed by atoms with E-state index in [0.717, 1.165) is 8.66 Å². The Morgan fingerprint density at radius 3 is 2.00 bits per heavy atom. The topological polar surface area (TPSA) is 52.0 Å². The van der Waals surface area contributed by atoms with Gasteiger partial charge in [0.05, 0.1) is 9.83 Å². The monoisotopic (exact) mass is 384 g/mol. The molecule has 0 aliphatic rings. The molecule has 0 saturated heterocycles. The summed E-state index contributed by atoms with van der Waals surface area (Å²) >= 11 is 8.81. The summed E-state index contributed by atoms with van der Waals surface area (Å²) in [5.41, 5.74) is 11.6. The van der Waals surface area contributed by atoms with Gasteiger partial charge in [0.1, 0.15) is 0 Å². The van der Waals surface area contributed by atoms with E-state index in [1.807, 2.05) is 11.3 Å². The minimum atomic E-state index is -0.0542. The zero-order valence-electron chi connectivity index (χ0n) is 10.5. The molecule has 0 saturated carbocycles. The first kappa shape index (κ1) is 14.4. The van der Waals surface area contributed by atoms with Gasteiger partial charge in [-0.25, -0.2) is 0 Å². The average molecular weight is 385 g/mol. The van der Waals surface area contributed by atoms with E-state index >= 15 is 0 Å². The molecule has 3 aromatic rings. The fraction of sp³-hybridized carbons (Fsp3) is 0.143. The summed E-state index contributed by atoms with van der Waals surface area (Å²) in [6.45, 7) is 0.485. The maximum Gasteiger partial charge on any atom is 0.0705 e. The predicted octanol–water partition coefficient (Wildman–Crippen LogP) is 4.93. The summed E-state index contributed by atoms with van der Waals surface area (Å²) in [5, 5.41) is 0. The largest absolute Gasteiger partial charge is 0.329 e.